The van der Waals surface area contributed by atoms with Gasteiger partial charge in [-0.1, -0.05) is 30.5 Å². The van der Waals surface area contributed by atoms with Crippen LogP contribution in [0.2, 0.25) is 5.02 Å². The van der Waals surface area contributed by atoms with E-state index in [1.807, 2.05) is 0 Å². The predicted molar refractivity (Wildman–Crippen MR) is 136 cm³/mol. The Morgan fingerprint density at radius 1 is 1.14 bits per heavy atom. The van der Waals surface area contributed by atoms with Crippen molar-refractivity contribution in [3.8, 4) is 5.75 Å². The van der Waals surface area contributed by atoms with Crippen LogP contribution in [0.3, 0.4) is 0 Å². The molecule has 0 radical (unpaired) electrons. The molecule has 4 rings (SSSR count). The number of sulfonamides is 1. The van der Waals surface area contributed by atoms with Gasteiger partial charge in [0.05, 0.1) is 27.6 Å². The minimum atomic E-state index is -3.86. The zero-order chi connectivity index (χ0) is 25.9. The molecule has 1 aliphatic carbocycles. The van der Waals surface area contributed by atoms with Crippen LogP contribution in [-0.4, -0.2) is 39.3 Å². The Balaban J connectivity index is 1.33. The first kappa shape index (κ1) is 26.1. The van der Waals surface area contributed by atoms with Crippen LogP contribution in [-0.2, 0) is 24.4 Å². The fourth-order valence-corrected chi connectivity index (χ4v) is 6.17. The zero-order valence-corrected chi connectivity index (χ0v) is 21.5. The molecular weight excluding hydrogens is 506 g/mol. The summed E-state index contributed by atoms with van der Waals surface area (Å²) in [7, 11) is -3.86. The lowest BCUT2D eigenvalue weighted by Crippen LogP contribution is -2.34. The highest BCUT2D eigenvalue weighted by molar-refractivity contribution is 7.89. The van der Waals surface area contributed by atoms with Gasteiger partial charge in [0.15, 0.2) is 0 Å². The summed E-state index contributed by atoms with van der Waals surface area (Å²) in [5.41, 5.74) is 0.182. The molecule has 2 aliphatic rings. The number of hydrogen-bond acceptors (Lipinski definition) is 6. The Hall–Kier alpha value is -2.95. The molecule has 2 aromatic carbocycles. The predicted octanol–water partition coefficient (Wildman–Crippen LogP) is 3.87. The molecule has 1 spiro atoms. The maximum absolute atomic E-state index is 13.0. The number of carbonyl (C=O) groups is 3. The van der Waals surface area contributed by atoms with E-state index in [0.29, 0.717) is 30.7 Å². The van der Waals surface area contributed by atoms with E-state index in [4.69, 9.17) is 16.3 Å². The third-order valence-corrected chi connectivity index (χ3v) is 8.22. The first-order valence-electron chi connectivity index (χ1n) is 11.8. The summed E-state index contributed by atoms with van der Waals surface area (Å²) in [5, 5.41) is 2.69. The monoisotopic (exact) mass is 533 g/mol. The standard InChI is InChI=1S/C25H28ClN3O6S/c1-17(30)28-18-6-4-7-19(14-18)35-13-5-12-27-36(33,34)20-8-9-22(21(26)15-20)29-23(31)16-25(24(29)32)10-2-3-11-25/h4,6-9,14-15,27H,2-3,5,10-13,16H2,1H3,(H,28,30). The smallest absolute Gasteiger partial charge is 0.240 e. The second-order valence-corrected chi connectivity index (χ2v) is 11.3. The fraction of sp³-hybridized carbons (Fsp3) is 0.400. The zero-order valence-electron chi connectivity index (χ0n) is 19.9. The average Bonchev–Trinajstić information content (AvgIpc) is 3.38. The molecule has 0 bridgehead atoms. The van der Waals surface area contributed by atoms with Gasteiger partial charge < -0.3 is 10.1 Å². The Labute approximate surface area is 215 Å². The fourth-order valence-electron chi connectivity index (χ4n) is 4.74. The SMILES string of the molecule is CC(=O)Nc1cccc(OCCCNS(=O)(=O)c2ccc(N3C(=O)CC4(CCCC4)C3=O)c(Cl)c2)c1. The largest absolute Gasteiger partial charge is 0.493 e. The lowest BCUT2D eigenvalue weighted by Gasteiger charge is -2.21. The van der Waals surface area contributed by atoms with Crippen molar-refractivity contribution in [3.63, 3.8) is 0 Å². The summed E-state index contributed by atoms with van der Waals surface area (Å²) in [6.45, 7) is 1.79. The van der Waals surface area contributed by atoms with E-state index >= 15 is 0 Å². The van der Waals surface area contributed by atoms with Gasteiger partial charge in [-0.3, -0.25) is 14.4 Å². The molecule has 11 heteroatoms. The molecule has 2 N–H and O–H groups in total. The molecule has 1 saturated heterocycles. The van der Waals surface area contributed by atoms with Crippen LogP contribution in [0.1, 0.15) is 45.4 Å². The number of halogens is 1. The Morgan fingerprint density at radius 3 is 2.58 bits per heavy atom. The number of nitrogens with zero attached hydrogens (tertiary/aromatic N) is 1. The number of benzene rings is 2. The van der Waals surface area contributed by atoms with Crippen LogP contribution < -0.4 is 19.7 Å². The molecule has 2 aromatic rings. The van der Waals surface area contributed by atoms with E-state index in [-0.39, 0.29) is 52.9 Å². The second kappa shape index (κ2) is 10.6. The third kappa shape index (κ3) is 5.55. The summed E-state index contributed by atoms with van der Waals surface area (Å²) in [4.78, 5) is 37.9. The summed E-state index contributed by atoms with van der Waals surface area (Å²) < 4.78 is 33.6. The highest BCUT2D eigenvalue weighted by Crippen LogP contribution is 2.48. The van der Waals surface area contributed by atoms with Crippen molar-refractivity contribution in [2.24, 2.45) is 5.41 Å². The number of amides is 3. The van der Waals surface area contributed by atoms with Crippen molar-refractivity contribution >= 4 is 50.7 Å². The van der Waals surface area contributed by atoms with Gasteiger partial charge in [0.25, 0.3) is 0 Å². The van der Waals surface area contributed by atoms with Crippen LogP contribution in [0.15, 0.2) is 47.4 Å². The van der Waals surface area contributed by atoms with Crippen molar-refractivity contribution < 1.29 is 27.5 Å². The van der Waals surface area contributed by atoms with Gasteiger partial charge in [-0.05, 0) is 49.6 Å². The van der Waals surface area contributed by atoms with E-state index in [9.17, 15) is 22.8 Å². The number of anilines is 2. The first-order chi connectivity index (χ1) is 17.1. The molecule has 0 unspecified atom stereocenters. The van der Waals surface area contributed by atoms with Crippen LogP contribution >= 0.6 is 11.6 Å². The van der Waals surface area contributed by atoms with E-state index in [1.165, 1.54) is 25.1 Å². The minimum Gasteiger partial charge on any atom is -0.493 e. The average molecular weight is 534 g/mol. The molecule has 9 nitrogen and oxygen atoms in total. The van der Waals surface area contributed by atoms with Crippen molar-refractivity contribution in [3.05, 3.63) is 47.5 Å². The van der Waals surface area contributed by atoms with Gasteiger partial charge in [-0.25, -0.2) is 18.0 Å². The van der Waals surface area contributed by atoms with Crippen LogP contribution in [0.4, 0.5) is 11.4 Å². The molecule has 1 aliphatic heterocycles. The lowest BCUT2D eigenvalue weighted by atomic mass is 9.84. The number of rotatable bonds is 9. The molecule has 0 atom stereocenters. The van der Waals surface area contributed by atoms with Crippen LogP contribution in [0.5, 0.6) is 5.75 Å². The van der Waals surface area contributed by atoms with Gasteiger partial charge in [0, 0.05) is 31.6 Å². The van der Waals surface area contributed by atoms with Crippen LogP contribution in [0.25, 0.3) is 0 Å². The summed E-state index contributed by atoms with van der Waals surface area (Å²) in [6, 6.07) is 10.9. The number of carbonyl (C=O) groups excluding carboxylic acids is 3. The first-order valence-corrected chi connectivity index (χ1v) is 13.6. The minimum absolute atomic E-state index is 0.0250. The highest BCUT2D eigenvalue weighted by Gasteiger charge is 2.53. The Bertz CT molecular complexity index is 1290. The van der Waals surface area contributed by atoms with Crippen molar-refractivity contribution in [1.82, 2.24) is 4.72 Å². The molecule has 36 heavy (non-hydrogen) atoms. The number of ether oxygens (including phenoxy) is 1. The van der Waals surface area contributed by atoms with Crippen LogP contribution in [0, 0.1) is 5.41 Å². The topological polar surface area (TPSA) is 122 Å². The second-order valence-electron chi connectivity index (χ2n) is 9.12. The number of imide groups is 1. The summed E-state index contributed by atoms with van der Waals surface area (Å²) in [5.74, 6) is -0.189. The van der Waals surface area contributed by atoms with Gasteiger partial charge in [0.1, 0.15) is 5.75 Å². The van der Waals surface area contributed by atoms with Gasteiger partial charge >= 0.3 is 0 Å². The van der Waals surface area contributed by atoms with E-state index in [2.05, 4.69) is 10.0 Å². The summed E-state index contributed by atoms with van der Waals surface area (Å²) >= 11 is 6.35. The molecular formula is C25H28ClN3O6S. The van der Waals surface area contributed by atoms with Gasteiger partial charge in [0.2, 0.25) is 27.7 Å². The van der Waals surface area contributed by atoms with Crippen molar-refractivity contribution in [2.75, 3.05) is 23.4 Å². The quantitative estimate of drug-likeness (QED) is 0.373. The molecule has 2 fully saturated rings. The van der Waals surface area contributed by atoms with Crippen molar-refractivity contribution in [1.29, 1.82) is 0 Å². The molecule has 3 amide bonds. The lowest BCUT2D eigenvalue weighted by molar-refractivity contribution is -0.125. The normalized spacial score (nSPS) is 17.1. The van der Waals surface area contributed by atoms with Gasteiger partial charge in [-0.15, -0.1) is 0 Å². The van der Waals surface area contributed by atoms with E-state index in [1.54, 1.807) is 24.3 Å². The highest BCUT2D eigenvalue weighted by atomic mass is 35.5. The molecule has 1 saturated carbocycles. The third-order valence-electron chi connectivity index (χ3n) is 6.46. The molecule has 1 heterocycles. The van der Waals surface area contributed by atoms with E-state index in [0.717, 1.165) is 17.7 Å². The van der Waals surface area contributed by atoms with Gasteiger partial charge in [-0.2, -0.15) is 0 Å². The molecule has 192 valence electrons. The summed E-state index contributed by atoms with van der Waals surface area (Å²) in [6.07, 6.45) is 3.77. The Morgan fingerprint density at radius 2 is 1.89 bits per heavy atom. The van der Waals surface area contributed by atoms with Crippen molar-refractivity contribution in [2.45, 2.75) is 50.3 Å². The Kier molecular flexibility index (Phi) is 7.67. The number of hydrogen-bond donors (Lipinski definition) is 2. The maximum Gasteiger partial charge on any atom is 0.240 e. The number of nitrogens with one attached hydrogen (secondary N) is 2. The van der Waals surface area contributed by atoms with E-state index < -0.39 is 15.4 Å². The molecule has 0 aromatic heterocycles. The maximum atomic E-state index is 13.0.